The molecule has 1 aliphatic heterocycles. The van der Waals surface area contributed by atoms with E-state index in [4.69, 9.17) is 0 Å². The van der Waals surface area contributed by atoms with E-state index in [0.29, 0.717) is 16.8 Å². The summed E-state index contributed by atoms with van der Waals surface area (Å²) in [7, 11) is 0. The zero-order valence-corrected chi connectivity index (χ0v) is 12.7. The molecule has 19 heavy (non-hydrogen) atoms. The molecule has 1 unspecified atom stereocenters. The molecule has 1 aliphatic rings. The fourth-order valence-electron chi connectivity index (χ4n) is 2.26. The van der Waals surface area contributed by atoms with Crippen molar-refractivity contribution in [2.45, 2.75) is 33.6 Å². The van der Waals surface area contributed by atoms with Crippen molar-refractivity contribution in [3.8, 4) is 0 Å². The molecule has 0 aromatic carbocycles. The van der Waals surface area contributed by atoms with E-state index in [-0.39, 0.29) is 5.91 Å². The van der Waals surface area contributed by atoms with Crippen molar-refractivity contribution in [1.82, 2.24) is 15.1 Å². The second-order valence-corrected chi connectivity index (χ2v) is 6.36. The van der Waals surface area contributed by atoms with E-state index in [2.05, 4.69) is 36.3 Å². The number of hydrogen-bond acceptors (Lipinski definition) is 5. The van der Waals surface area contributed by atoms with E-state index in [1.807, 2.05) is 4.90 Å². The lowest BCUT2D eigenvalue weighted by atomic mass is 9.95. The number of hydrogen-bond donors (Lipinski definition) is 1. The molecule has 1 N–H and O–H groups in total. The maximum absolute atomic E-state index is 12.3. The molecular formula is C13H22N4OS. The first-order valence-corrected chi connectivity index (χ1v) is 7.80. The largest absolute Gasteiger partial charge is 0.360 e. The van der Waals surface area contributed by atoms with E-state index in [0.717, 1.165) is 37.6 Å². The molecule has 0 radical (unpaired) electrons. The Morgan fingerprint density at radius 2 is 2.32 bits per heavy atom. The van der Waals surface area contributed by atoms with Gasteiger partial charge in [0, 0.05) is 19.6 Å². The van der Waals surface area contributed by atoms with Gasteiger partial charge in [-0.1, -0.05) is 32.1 Å². The minimum absolute atomic E-state index is 0.0326. The monoisotopic (exact) mass is 282 g/mol. The fraction of sp³-hybridized carbons (Fsp3) is 0.769. The Hall–Kier alpha value is -1.17. The number of anilines is 1. The Bertz CT molecular complexity index is 432. The highest BCUT2D eigenvalue weighted by atomic mass is 32.1. The van der Waals surface area contributed by atoms with Crippen LogP contribution in [0.3, 0.4) is 0 Å². The standard InChI is InChI=1S/C13H22N4OS/c1-4-6-14-13-16-15-11(19-13)12(18)17-7-5-10(8-17)9(2)3/h9-10H,4-8H2,1-3H3,(H,14,16). The first-order chi connectivity index (χ1) is 9.11. The molecule has 0 aliphatic carbocycles. The van der Waals surface area contributed by atoms with Gasteiger partial charge in [-0.2, -0.15) is 0 Å². The first kappa shape index (κ1) is 14.2. The van der Waals surface area contributed by atoms with Gasteiger partial charge in [0.15, 0.2) is 0 Å². The third-order valence-corrected chi connectivity index (χ3v) is 4.46. The van der Waals surface area contributed by atoms with E-state index >= 15 is 0 Å². The third-order valence-electron chi connectivity index (χ3n) is 3.59. The third kappa shape index (κ3) is 3.43. The molecule has 5 nitrogen and oxygen atoms in total. The van der Waals surface area contributed by atoms with Gasteiger partial charge in [-0.15, -0.1) is 10.2 Å². The zero-order chi connectivity index (χ0) is 13.8. The summed E-state index contributed by atoms with van der Waals surface area (Å²) in [6, 6.07) is 0. The van der Waals surface area contributed by atoms with Crippen molar-refractivity contribution in [2.24, 2.45) is 11.8 Å². The van der Waals surface area contributed by atoms with Gasteiger partial charge >= 0.3 is 0 Å². The molecule has 1 aromatic heterocycles. The van der Waals surface area contributed by atoms with Gasteiger partial charge in [-0.25, -0.2) is 0 Å². The Morgan fingerprint density at radius 1 is 1.53 bits per heavy atom. The van der Waals surface area contributed by atoms with Crippen LogP contribution in [0.1, 0.15) is 43.4 Å². The Balaban J connectivity index is 1.94. The normalized spacial score (nSPS) is 19.2. The van der Waals surface area contributed by atoms with Crippen LogP contribution < -0.4 is 5.32 Å². The maximum atomic E-state index is 12.3. The van der Waals surface area contributed by atoms with Crippen molar-refractivity contribution in [3.63, 3.8) is 0 Å². The summed E-state index contributed by atoms with van der Waals surface area (Å²) in [5.74, 6) is 1.29. The van der Waals surface area contributed by atoms with Crippen LogP contribution >= 0.6 is 11.3 Å². The zero-order valence-electron chi connectivity index (χ0n) is 11.8. The number of amides is 1. The average molecular weight is 282 g/mol. The Labute approximate surface area is 118 Å². The van der Waals surface area contributed by atoms with Crippen molar-refractivity contribution in [2.75, 3.05) is 25.0 Å². The van der Waals surface area contributed by atoms with Gasteiger partial charge in [0.2, 0.25) is 10.1 Å². The number of carbonyl (C=O) groups excluding carboxylic acids is 1. The Morgan fingerprint density at radius 3 is 2.95 bits per heavy atom. The highest BCUT2D eigenvalue weighted by Crippen LogP contribution is 2.26. The van der Waals surface area contributed by atoms with Crippen molar-refractivity contribution < 1.29 is 4.79 Å². The smallest absolute Gasteiger partial charge is 0.284 e. The number of nitrogens with one attached hydrogen (secondary N) is 1. The lowest BCUT2D eigenvalue weighted by Crippen LogP contribution is -2.29. The summed E-state index contributed by atoms with van der Waals surface area (Å²) >= 11 is 1.35. The maximum Gasteiger partial charge on any atom is 0.284 e. The van der Waals surface area contributed by atoms with Crippen LogP contribution in [0.25, 0.3) is 0 Å². The predicted molar refractivity (Wildman–Crippen MR) is 77.5 cm³/mol. The minimum atomic E-state index is 0.0326. The highest BCUT2D eigenvalue weighted by molar-refractivity contribution is 7.17. The summed E-state index contributed by atoms with van der Waals surface area (Å²) in [4.78, 5) is 14.2. The number of rotatable bonds is 5. The van der Waals surface area contributed by atoms with Crippen LogP contribution in [0.15, 0.2) is 0 Å². The second kappa shape index (κ2) is 6.32. The van der Waals surface area contributed by atoms with Gasteiger partial charge in [0.1, 0.15) is 0 Å². The van der Waals surface area contributed by atoms with E-state index in [9.17, 15) is 4.79 Å². The predicted octanol–water partition coefficient (Wildman–Crippen LogP) is 2.48. The molecule has 2 heterocycles. The molecule has 1 aromatic rings. The number of nitrogens with zero attached hydrogens (tertiary/aromatic N) is 3. The van der Waals surface area contributed by atoms with Crippen molar-refractivity contribution in [3.05, 3.63) is 5.01 Å². The summed E-state index contributed by atoms with van der Waals surface area (Å²) in [6.07, 6.45) is 2.13. The average Bonchev–Trinajstić information content (AvgIpc) is 3.04. The van der Waals surface area contributed by atoms with Crippen LogP contribution in [0.4, 0.5) is 5.13 Å². The van der Waals surface area contributed by atoms with E-state index in [1.165, 1.54) is 11.3 Å². The molecular weight excluding hydrogens is 260 g/mol. The molecule has 1 fully saturated rings. The molecule has 1 amide bonds. The second-order valence-electron chi connectivity index (χ2n) is 5.38. The SMILES string of the molecule is CCCNc1nnc(C(=O)N2CCC(C(C)C)C2)s1. The van der Waals surface area contributed by atoms with Gasteiger partial charge in [-0.05, 0) is 24.7 Å². The quantitative estimate of drug-likeness (QED) is 0.901. The lowest BCUT2D eigenvalue weighted by Gasteiger charge is -2.16. The van der Waals surface area contributed by atoms with Crippen LogP contribution in [0, 0.1) is 11.8 Å². The van der Waals surface area contributed by atoms with E-state index < -0.39 is 0 Å². The Kier molecular flexibility index (Phi) is 4.74. The minimum Gasteiger partial charge on any atom is -0.360 e. The van der Waals surface area contributed by atoms with Crippen molar-refractivity contribution in [1.29, 1.82) is 0 Å². The number of carbonyl (C=O) groups is 1. The van der Waals surface area contributed by atoms with Gasteiger partial charge in [0.05, 0.1) is 0 Å². The van der Waals surface area contributed by atoms with Crippen LogP contribution in [-0.4, -0.2) is 40.6 Å². The molecule has 1 saturated heterocycles. The number of likely N-dealkylation sites (tertiary alicyclic amines) is 1. The molecule has 6 heteroatoms. The van der Waals surface area contributed by atoms with Gasteiger partial charge < -0.3 is 10.2 Å². The molecule has 106 valence electrons. The van der Waals surface area contributed by atoms with Crippen molar-refractivity contribution >= 4 is 22.4 Å². The summed E-state index contributed by atoms with van der Waals surface area (Å²) in [5, 5.41) is 12.4. The first-order valence-electron chi connectivity index (χ1n) is 6.98. The summed E-state index contributed by atoms with van der Waals surface area (Å²) < 4.78 is 0. The van der Waals surface area contributed by atoms with Crippen LogP contribution in [0.2, 0.25) is 0 Å². The summed E-state index contributed by atoms with van der Waals surface area (Å²) in [6.45, 7) is 9.10. The molecule has 1 atom stereocenters. The number of aromatic nitrogens is 2. The van der Waals surface area contributed by atoms with Crippen LogP contribution in [-0.2, 0) is 0 Å². The molecule has 0 saturated carbocycles. The summed E-state index contributed by atoms with van der Waals surface area (Å²) in [5.41, 5.74) is 0. The molecule has 0 bridgehead atoms. The fourth-order valence-corrected chi connectivity index (χ4v) is 3.00. The van der Waals surface area contributed by atoms with Crippen LogP contribution in [0.5, 0.6) is 0 Å². The van der Waals surface area contributed by atoms with Gasteiger partial charge in [0.25, 0.3) is 5.91 Å². The highest BCUT2D eigenvalue weighted by Gasteiger charge is 2.30. The molecule has 2 rings (SSSR count). The van der Waals surface area contributed by atoms with Gasteiger partial charge in [-0.3, -0.25) is 4.79 Å². The van der Waals surface area contributed by atoms with E-state index in [1.54, 1.807) is 0 Å². The molecule has 0 spiro atoms. The lowest BCUT2D eigenvalue weighted by molar-refractivity contribution is 0.0783. The topological polar surface area (TPSA) is 58.1 Å².